The van der Waals surface area contributed by atoms with E-state index in [1.165, 1.54) is 50.0 Å². The minimum absolute atomic E-state index is 0.510. The first-order valence-electron chi connectivity index (χ1n) is 8.11. The fourth-order valence-corrected chi connectivity index (χ4v) is 3.55. The number of fused-ring (bicyclic) bond motifs is 1. The Labute approximate surface area is 126 Å². The summed E-state index contributed by atoms with van der Waals surface area (Å²) >= 11 is 0. The Morgan fingerprint density at radius 3 is 2.90 bits per heavy atom. The molecule has 0 unspecified atom stereocenters. The number of anilines is 1. The molecule has 0 bridgehead atoms. The summed E-state index contributed by atoms with van der Waals surface area (Å²) in [6.07, 6.45) is 9.78. The maximum absolute atomic E-state index is 5.00. The van der Waals surface area contributed by atoms with E-state index in [4.69, 9.17) is 4.98 Å². The van der Waals surface area contributed by atoms with Crippen molar-refractivity contribution in [2.24, 2.45) is 5.92 Å². The first-order chi connectivity index (χ1) is 10.2. The lowest BCUT2D eigenvalue weighted by atomic mass is 10.1. The average Bonchev–Trinajstić information content (AvgIpc) is 2.97. The van der Waals surface area contributed by atoms with Gasteiger partial charge in [0, 0.05) is 33.0 Å². The van der Waals surface area contributed by atoms with Crippen molar-refractivity contribution in [2.45, 2.75) is 31.7 Å². The van der Waals surface area contributed by atoms with Crippen molar-refractivity contribution in [3.05, 3.63) is 30.2 Å². The van der Waals surface area contributed by atoms with Crippen LogP contribution in [0.4, 0.5) is 5.82 Å². The third-order valence-corrected chi connectivity index (χ3v) is 4.83. The van der Waals surface area contributed by atoms with E-state index in [1.807, 2.05) is 0 Å². The minimum atomic E-state index is 0.510. The lowest BCUT2D eigenvalue weighted by Crippen LogP contribution is -2.27. The molecule has 4 nitrogen and oxygen atoms in total. The zero-order valence-electron chi connectivity index (χ0n) is 13.0. The van der Waals surface area contributed by atoms with Crippen LogP contribution < -0.4 is 4.90 Å². The van der Waals surface area contributed by atoms with Crippen molar-refractivity contribution in [2.75, 3.05) is 32.1 Å². The molecule has 1 saturated heterocycles. The molecule has 2 aromatic rings. The van der Waals surface area contributed by atoms with Crippen molar-refractivity contribution in [1.29, 1.82) is 0 Å². The Hall–Kier alpha value is -1.55. The van der Waals surface area contributed by atoms with Gasteiger partial charge in [-0.3, -0.25) is 4.90 Å². The smallest absolute Gasteiger partial charge is 0.152 e. The van der Waals surface area contributed by atoms with Gasteiger partial charge in [-0.15, -0.1) is 0 Å². The molecule has 1 aliphatic heterocycles. The molecule has 1 aliphatic carbocycles. The van der Waals surface area contributed by atoms with Crippen LogP contribution in [0.3, 0.4) is 0 Å². The molecule has 2 aromatic heterocycles. The second-order valence-corrected chi connectivity index (χ2v) is 6.78. The second kappa shape index (κ2) is 5.02. The number of rotatable bonds is 4. The Bertz CT molecular complexity index is 641. The summed E-state index contributed by atoms with van der Waals surface area (Å²) in [6, 6.07) is 4.75. The van der Waals surface area contributed by atoms with Gasteiger partial charge in [-0.1, -0.05) is 0 Å². The Balaban J connectivity index is 1.71. The van der Waals surface area contributed by atoms with Crippen molar-refractivity contribution >= 4 is 11.3 Å². The molecule has 21 heavy (non-hydrogen) atoms. The first-order valence-corrected chi connectivity index (χ1v) is 8.11. The SMILES string of the molecule is CN(C)c1nc([C@H]2CCCN2CC2CC2)cn2cccc12. The minimum Gasteiger partial charge on any atom is -0.361 e. The molecular formula is C17H24N4. The largest absolute Gasteiger partial charge is 0.361 e. The number of hydrogen-bond donors (Lipinski definition) is 0. The molecule has 4 rings (SSSR count). The number of nitrogens with zero attached hydrogens (tertiary/aromatic N) is 4. The highest BCUT2D eigenvalue weighted by Gasteiger charge is 2.33. The van der Waals surface area contributed by atoms with Crippen LogP contribution in [0.2, 0.25) is 0 Å². The zero-order chi connectivity index (χ0) is 14.4. The zero-order valence-corrected chi connectivity index (χ0v) is 13.0. The van der Waals surface area contributed by atoms with E-state index in [1.54, 1.807) is 0 Å². The highest BCUT2D eigenvalue weighted by Crippen LogP contribution is 2.37. The predicted octanol–water partition coefficient (Wildman–Crippen LogP) is 2.95. The Morgan fingerprint density at radius 2 is 2.14 bits per heavy atom. The Kier molecular flexibility index (Phi) is 3.14. The van der Waals surface area contributed by atoms with Gasteiger partial charge in [0.1, 0.15) is 0 Å². The van der Waals surface area contributed by atoms with Crippen LogP contribution >= 0.6 is 0 Å². The normalized spacial score (nSPS) is 23.0. The highest BCUT2D eigenvalue weighted by atomic mass is 15.2. The van der Waals surface area contributed by atoms with Crippen LogP contribution in [0.15, 0.2) is 24.5 Å². The molecule has 112 valence electrons. The summed E-state index contributed by atoms with van der Waals surface area (Å²) in [5, 5.41) is 0. The van der Waals surface area contributed by atoms with E-state index in [9.17, 15) is 0 Å². The van der Waals surface area contributed by atoms with Crippen LogP contribution in [0.1, 0.15) is 37.4 Å². The maximum atomic E-state index is 5.00. The lowest BCUT2D eigenvalue weighted by molar-refractivity contribution is 0.242. The first kappa shape index (κ1) is 13.1. The van der Waals surface area contributed by atoms with Gasteiger partial charge in [0.2, 0.25) is 0 Å². The standard InChI is InChI=1S/C17H24N4/c1-19(2)17-16-6-4-10-21(16)12-14(18-17)15-5-3-9-20(15)11-13-7-8-13/h4,6,10,12-13,15H,3,5,7-9,11H2,1-2H3/t15-/m1/s1. The molecule has 4 heteroatoms. The van der Waals surface area contributed by atoms with Crippen LogP contribution in [0.5, 0.6) is 0 Å². The van der Waals surface area contributed by atoms with Gasteiger partial charge in [-0.05, 0) is 50.3 Å². The molecule has 3 heterocycles. The van der Waals surface area contributed by atoms with E-state index >= 15 is 0 Å². The molecule has 2 fully saturated rings. The monoisotopic (exact) mass is 284 g/mol. The molecule has 0 aromatic carbocycles. The molecular weight excluding hydrogens is 260 g/mol. The number of aromatic nitrogens is 2. The van der Waals surface area contributed by atoms with Crippen LogP contribution in [-0.4, -0.2) is 41.5 Å². The van der Waals surface area contributed by atoms with Gasteiger partial charge < -0.3 is 9.30 Å². The third-order valence-electron chi connectivity index (χ3n) is 4.83. The highest BCUT2D eigenvalue weighted by molar-refractivity contribution is 5.69. The third kappa shape index (κ3) is 2.42. The van der Waals surface area contributed by atoms with Crippen LogP contribution in [0.25, 0.3) is 5.52 Å². The molecule has 0 radical (unpaired) electrons. The topological polar surface area (TPSA) is 23.8 Å². The number of likely N-dealkylation sites (tertiary alicyclic amines) is 1. The molecule has 0 N–H and O–H groups in total. The predicted molar refractivity (Wildman–Crippen MR) is 85.8 cm³/mol. The van der Waals surface area contributed by atoms with Gasteiger partial charge in [0.25, 0.3) is 0 Å². The summed E-state index contributed by atoms with van der Waals surface area (Å²) in [6.45, 7) is 2.51. The number of hydrogen-bond acceptors (Lipinski definition) is 3. The summed E-state index contributed by atoms with van der Waals surface area (Å²) in [4.78, 5) is 9.78. The van der Waals surface area contributed by atoms with Gasteiger partial charge in [-0.2, -0.15) is 0 Å². The molecule has 2 aliphatic rings. The van der Waals surface area contributed by atoms with Crippen molar-refractivity contribution in [3.8, 4) is 0 Å². The van der Waals surface area contributed by atoms with E-state index < -0.39 is 0 Å². The molecule has 1 saturated carbocycles. The Morgan fingerprint density at radius 1 is 1.29 bits per heavy atom. The van der Waals surface area contributed by atoms with E-state index in [2.05, 4.69) is 52.8 Å². The van der Waals surface area contributed by atoms with Crippen LogP contribution in [-0.2, 0) is 0 Å². The van der Waals surface area contributed by atoms with Gasteiger partial charge >= 0.3 is 0 Å². The van der Waals surface area contributed by atoms with E-state index in [-0.39, 0.29) is 0 Å². The summed E-state index contributed by atoms with van der Waals surface area (Å²) in [5.74, 6) is 2.03. The van der Waals surface area contributed by atoms with Gasteiger partial charge in [0.05, 0.1) is 17.3 Å². The molecule has 0 amide bonds. The van der Waals surface area contributed by atoms with E-state index in [0.29, 0.717) is 6.04 Å². The van der Waals surface area contributed by atoms with E-state index in [0.717, 1.165) is 11.7 Å². The molecule has 0 spiro atoms. The van der Waals surface area contributed by atoms with Gasteiger partial charge in [-0.25, -0.2) is 4.98 Å². The second-order valence-electron chi connectivity index (χ2n) is 6.78. The lowest BCUT2D eigenvalue weighted by Gasteiger charge is -2.25. The fraction of sp³-hybridized carbons (Fsp3) is 0.588. The van der Waals surface area contributed by atoms with Crippen molar-refractivity contribution < 1.29 is 0 Å². The quantitative estimate of drug-likeness (QED) is 0.862. The summed E-state index contributed by atoms with van der Waals surface area (Å²) in [5.41, 5.74) is 2.43. The maximum Gasteiger partial charge on any atom is 0.152 e. The summed E-state index contributed by atoms with van der Waals surface area (Å²) < 4.78 is 2.23. The van der Waals surface area contributed by atoms with Crippen molar-refractivity contribution in [3.63, 3.8) is 0 Å². The van der Waals surface area contributed by atoms with Crippen molar-refractivity contribution in [1.82, 2.24) is 14.3 Å². The van der Waals surface area contributed by atoms with Crippen LogP contribution in [0, 0.1) is 5.92 Å². The fourth-order valence-electron chi connectivity index (χ4n) is 3.55. The average molecular weight is 284 g/mol. The molecule has 1 atom stereocenters. The summed E-state index contributed by atoms with van der Waals surface area (Å²) in [7, 11) is 4.16. The van der Waals surface area contributed by atoms with Gasteiger partial charge in [0.15, 0.2) is 5.82 Å².